The van der Waals surface area contributed by atoms with Gasteiger partial charge in [-0.2, -0.15) is 0 Å². The summed E-state index contributed by atoms with van der Waals surface area (Å²) in [4.78, 5) is 5.80. The predicted octanol–water partition coefficient (Wildman–Crippen LogP) is 3.69. The second-order valence-corrected chi connectivity index (χ2v) is 5.23. The molecule has 0 fully saturated rings. The summed E-state index contributed by atoms with van der Waals surface area (Å²) in [5, 5.41) is 8.60. The topological polar surface area (TPSA) is 24.9 Å². The molecule has 2 aromatic rings. The number of nitrogens with one attached hydrogen (secondary N) is 1. The number of nitrogens with zero attached hydrogens (tertiary/aromatic N) is 1. The van der Waals surface area contributed by atoms with Crippen molar-refractivity contribution >= 4 is 27.8 Å². The second-order valence-electron chi connectivity index (χ2n) is 3.37. The molecule has 4 heteroatoms. The molecule has 2 rings (SSSR count). The first-order valence-electron chi connectivity index (χ1n) is 5.01. The van der Waals surface area contributed by atoms with Crippen LogP contribution in [-0.2, 0) is 13.0 Å². The van der Waals surface area contributed by atoms with Crippen molar-refractivity contribution in [3.63, 3.8) is 0 Å². The number of hydrogen-bond donors (Lipinski definition) is 1. The lowest BCUT2D eigenvalue weighted by Gasteiger charge is -2.02. The summed E-state index contributed by atoms with van der Waals surface area (Å²) in [6, 6.07) is 2.20. The molecule has 0 aromatic carbocycles. The molecule has 2 nitrogen and oxygen atoms in total. The molecule has 0 atom stereocenters. The highest BCUT2D eigenvalue weighted by Gasteiger charge is 2.03. The zero-order valence-corrected chi connectivity index (χ0v) is 10.5. The predicted molar refractivity (Wildman–Crippen MR) is 67.9 cm³/mol. The summed E-state index contributed by atoms with van der Waals surface area (Å²) in [5.74, 6) is 0. The maximum atomic E-state index is 4.38. The number of rotatable bonds is 4. The van der Waals surface area contributed by atoms with Crippen LogP contribution in [0.25, 0.3) is 0 Å². The van der Waals surface area contributed by atoms with E-state index in [0.717, 1.165) is 23.8 Å². The van der Waals surface area contributed by atoms with Crippen LogP contribution < -0.4 is 5.32 Å². The van der Waals surface area contributed by atoms with Gasteiger partial charge >= 0.3 is 0 Å². The van der Waals surface area contributed by atoms with E-state index in [9.17, 15) is 0 Å². The first kappa shape index (κ1) is 10.6. The fraction of sp³-hybridized carbons (Fsp3) is 0.364. The van der Waals surface area contributed by atoms with Crippen LogP contribution in [0.5, 0.6) is 0 Å². The Bertz CT molecular complexity index is 431. The summed E-state index contributed by atoms with van der Waals surface area (Å²) >= 11 is 3.48. The van der Waals surface area contributed by atoms with Gasteiger partial charge in [0.2, 0.25) is 0 Å². The largest absolute Gasteiger partial charge is 0.357 e. The Morgan fingerprint density at radius 2 is 2.27 bits per heavy atom. The van der Waals surface area contributed by atoms with Gasteiger partial charge in [0, 0.05) is 10.3 Å². The zero-order chi connectivity index (χ0) is 10.7. The zero-order valence-electron chi connectivity index (χ0n) is 8.91. The number of thiazole rings is 1. The van der Waals surface area contributed by atoms with Crippen molar-refractivity contribution in [2.24, 2.45) is 0 Å². The summed E-state index contributed by atoms with van der Waals surface area (Å²) in [6.07, 6.45) is 1.11. The molecular weight excluding hydrogens is 224 g/mol. The third-order valence-corrected chi connectivity index (χ3v) is 4.12. The highest BCUT2D eigenvalue weighted by atomic mass is 32.1. The lowest BCUT2D eigenvalue weighted by atomic mass is 10.2. The van der Waals surface area contributed by atoms with Crippen LogP contribution in [0, 0.1) is 6.92 Å². The van der Waals surface area contributed by atoms with Crippen LogP contribution in [0.1, 0.15) is 23.1 Å². The Morgan fingerprint density at radius 1 is 1.40 bits per heavy atom. The molecule has 0 aliphatic rings. The third kappa shape index (κ3) is 2.58. The quantitative estimate of drug-likeness (QED) is 0.878. The molecule has 0 saturated carbocycles. The van der Waals surface area contributed by atoms with Crippen molar-refractivity contribution in [3.8, 4) is 0 Å². The van der Waals surface area contributed by atoms with Gasteiger partial charge in [-0.15, -0.1) is 22.7 Å². The summed E-state index contributed by atoms with van der Waals surface area (Å²) in [7, 11) is 0. The fourth-order valence-corrected chi connectivity index (χ4v) is 3.03. The van der Waals surface area contributed by atoms with E-state index in [2.05, 4.69) is 34.1 Å². The minimum Gasteiger partial charge on any atom is -0.357 e. The minimum absolute atomic E-state index is 0.897. The molecule has 1 N–H and O–H groups in total. The van der Waals surface area contributed by atoms with Gasteiger partial charge in [0.25, 0.3) is 0 Å². The molecule has 0 spiro atoms. The van der Waals surface area contributed by atoms with Crippen molar-refractivity contribution in [1.29, 1.82) is 0 Å². The average molecular weight is 238 g/mol. The Hall–Kier alpha value is -0.870. The first-order valence-corrected chi connectivity index (χ1v) is 6.76. The Labute approximate surface area is 98.0 Å². The molecule has 0 bridgehead atoms. The third-order valence-electron chi connectivity index (χ3n) is 2.24. The number of aromatic nitrogens is 1. The Kier molecular flexibility index (Phi) is 3.38. The van der Waals surface area contributed by atoms with Crippen LogP contribution in [0.4, 0.5) is 5.13 Å². The maximum Gasteiger partial charge on any atom is 0.183 e. The van der Waals surface area contributed by atoms with Crippen LogP contribution in [-0.4, -0.2) is 4.98 Å². The van der Waals surface area contributed by atoms with E-state index in [1.165, 1.54) is 10.4 Å². The molecule has 0 aliphatic heterocycles. The van der Waals surface area contributed by atoms with E-state index in [0.29, 0.717) is 0 Å². The summed E-state index contributed by atoms with van der Waals surface area (Å²) in [6.45, 7) is 5.11. The Balaban J connectivity index is 1.98. The van der Waals surface area contributed by atoms with E-state index >= 15 is 0 Å². The van der Waals surface area contributed by atoms with Crippen molar-refractivity contribution in [2.75, 3.05) is 5.32 Å². The lowest BCUT2D eigenvalue weighted by Crippen LogP contribution is -1.99. The van der Waals surface area contributed by atoms with Crippen molar-refractivity contribution in [1.82, 2.24) is 4.98 Å². The molecule has 2 aromatic heterocycles. The average Bonchev–Trinajstić information content (AvgIpc) is 2.83. The van der Waals surface area contributed by atoms with Crippen LogP contribution in [0.15, 0.2) is 16.8 Å². The maximum absolute atomic E-state index is 4.38. The van der Waals surface area contributed by atoms with E-state index in [1.807, 2.05) is 18.3 Å². The number of aryl methyl sites for hydroxylation is 2. The summed E-state index contributed by atoms with van der Waals surface area (Å²) < 4.78 is 0. The molecule has 0 amide bonds. The molecule has 15 heavy (non-hydrogen) atoms. The molecule has 80 valence electrons. The van der Waals surface area contributed by atoms with Crippen molar-refractivity contribution < 1.29 is 0 Å². The molecule has 0 unspecified atom stereocenters. The van der Waals surface area contributed by atoms with Crippen molar-refractivity contribution in [3.05, 3.63) is 33.0 Å². The van der Waals surface area contributed by atoms with Gasteiger partial charge < -0.3 is 5.32 Å². The number of anilines is 1. The van der Waals surface area contributed by atoms with E-state index in [4.69, 9.17) is 0 Å². The van der Waals surface area contributed by atoms with Gasteiger partial charge in [0.05, 0.1) is 12.2 Å². The van der Waals surface area contributed by atoms with E-state index < -0.39 is 0 Å². The SMILES string of the molecule is CCc1ccsc1CNc1nc(C)cs1. The van der Waals surface area contributed by atoms with Gasteiger partial charge in [-0.1, -0.05) is 6.92 Å². The number of hydrogen-bond acceptors (Lipinski definition) is 4. The molecule has 2 heterocycles. The normalized spacial score (nSPS) is 10.5. The highest BCUT2D eigenvalue weighted by Crippen LogP contribution is 2.20. The summed E-state index contributed by atoms with van der Waals surface area (Å²) in [5.41, 5.74) is 2.53. The highest BCUT2D eigenvalue weighted by molar-refractivity contribution is 7.13. The molecular formula is C11H14N2S2. The van der Waals surface area contributed by atoms with E-state index in [-0.39, 0.29) is 0 Å². The van der Waals surface area contributed by atoms with E-state index in [1.54, 1.807) is 11.3 Å². The minimum atomic E-state index is 0.897. The van der Waals surface area contributed by atoms with Gasteiger partial charge in [-0.05, 0) is 30.4 Å². The van der Waals surface area contributed by atoms with Crippen LogP contribution in [0.2, 0.25) is 0 Å². The number of thiophene rings is 1. The van der Waals surface area contributed by atoms with Crippen LogP contribution in [0.3, 0.4) is 0 Å². The van der Waals surface area contributed by atoms with Gasteiger partial charge in [0.1, 0.15) is 0 Å². The van der Waals surface area contributed by atoms with Crippen molar-refractivity contribution in [2.45, 2.75) is 26.8 Å². The Morgan fingerprint density at radius 3 is 2.93 bits per heavy atom. The van der Waals surface area contributed by atoms with Gasteiger partial charge in [-0.25, -0.2) is 4.98 Å². The standard InChI is InChI=1S/C11H14N2S2/c1-3-9-4-5-14-10(9)6-12-11-13-8(2)7-15-11/h4-5,7H,3,6H2,1-2H3,(H,12,13). The monoisotopic (exact) mass is 238 g/mol. The molecule has 0 saturated heterocycles. The molecule has 0 radical (unpaired) electrons. The van der Waals surface area contributed by atoms with Gasteiger partial charge in [-0.3, -0.25) is 0 Å². The lowest BCUT2D eigenvalue weighted by molar-refractivity contribution is 1.07. The van der Waals surface area contributed by atoms with Crippen LogP contribution >= 0.6 is 22.7 Å². The smallest absolute Gasteiger partial charge is 0.183 e. The first-order chi connectivity index (χ1) is 7.29. The second kappa shape index (κ2) is 4.77. The molecule has 0 aliphatic carbocycles. The van der Waals surface area contributed by atoms with Gasteiger partial charge in [0.15, 0.2) is 5.13 Å². The fourth-order valence-electron chi connectivity index (χ4n) is 1.43.